The molecule has 2 rings (SSSR count). The van der Waals surface area contributed by atoms with Crippen molar-refractivity contribution in [3.63, 3.8) is 0 Å². The van der Waals surface area contributed by atoms with E-state index in [1.807, 2.05) is 0 Å². The summed E-state index contributed by atoms with van der Waals surface area (Å²) in [5.41, 5.74) is -0.366. The van der Waals surface area contributed by atoms with Gasteiger partial charge in [-0.2, -0.15) is 13.2 Å². The molecule has 8 heteroatoms. The van der Waals surface area contributed by atoms with Crippen molar-refractivity contribution >= 4 is 29.3 Å². The first-order valence-electron chi connectivity index (χ1n) is 7.32. The van der Waals surface area contributed by atoms with Gasteiger partial charge in [-0.05, 0) is 42.0 Å². The quantitative estimate of drug-likeness (QED) is 0.734. The van der Waals surface area contributed by atoms with Crippen molar-refractivity contribution in [2.45, 2.75) is 6.18 Å². The highest BCUT2D eigenvalue weighted by molar-refractivity contribution is 6.31. The first kappa shape index (κ1) is 19.7. The van der Waals surface area contributed by atoms with Crippen LogP contribution in [0.2, 0.25) is 5.02 Å². The summed E-state index contributed by atoms with van der Waals surface area (Å²) in [6.07, 6.45) is -1.91. The number of ether oxygens (including phenoxy) is 2. The molecule has 138 valence electrons. The van der Waals surface area contributed by atoms with Gasteiger partial charge in [-0.1, -0.05) is 17.7 Å². The molecule has 0 aromatic heterocycles. The lowest BCUT2D eigenvalue weighted by Crippen LogP contribution is -2.11. The molecule has 0 heterocycles. The van der Waals surface area contributed by atoms with E-state index in [0.717, 1.165) is 12.1 Å². The van der Waals surface area contributed by atoms with Gasteiger partial charge in [0.1, 0.15) is 0 Å². The van der Waals surface area contributed by atoms with Gasteiger partial charge in [0.15, 0.2) is 11.5 Å². The highest BCUT2D eigenvalue weighted by atomic mass is 35.5. The summed E-state index contributed by atoms with van der Waals surface area (Å²) < 4.78 is 48.8. The molecular formula is C18H15ClF3NO3. The molecule has 0 aliphatic heterocycles. The van der Waals surface area contributed by atoms with E-state index in [1.165, 1.54) is 32.4 Å². The third-order valence-electron chi connectivity index (χ3n) is 3.37. The van der Waals surface area contributed by atoms with Crippen molar-refractivity contribution in [1.82, 2.24) is 0 Å². The predicted molar refractivity (Wildman–Crippen MR) is 93.7 cm³/mol. The Morgan fingerprint density at radius 2 is 1.77 bits per heavy atom. The maximum atomic E-state index is 12.8. The number of rotatable bonds is 5. The van der Waals surface area contributed by atoms with Gasteiger partial charge in [-0.15, -0.1) is 0 Å². The summed E-state index contributed by atoms with van der Waals surface area (Å²) in [5, 5.41) is 1.93. The van der Waals surface area contributed by atoms with Crippen molar-refractivity contribution in [3.8, 4) is 11.5 Å². The van der Waals surface area contributed by atoms with Crippen LogP contribution in [-0.4, -0.2) is 20.1 Å². The minimum Gasteiger partial charge on any atom is -0.493 e. The minimum absolute atomic E-state index is 0.0105. The summed E-state index contributed by atoms with van der Waals surface area (Å²) in [6.45, 7) is 0. The predicted octanol–water partition coefficient (Wildman–Crippen LogP) is 5.03. The van der Waals surface area contributed by atoms with Crippen molar-refractivity contribution in [3.05, 3.63) is 58.6 Å². The molecule has 4 nitrogen and oxygen atoms in total. The largest absolute Gasteiger partial charge is 0.493 e. The molecule has 1 amide bonds. The van der Waals surface area contributed by atoms with Gasteiger partial charge in [0.2, 0.25) is 5.91 Å². The summed E-state index contributed by atoms with van der Waals surface area (Å²) in [6, 6.07) is 8.19. The van der Waals surface area contributed by atoms with E-state index >= 15 is 0 Å². The fraction of sp³-hybridized carbons (Fsp3) is 0.167. The number of hydrogen-bond acceptors (Lipinski definition) is 3. The maximum Gasteiger partial charge on any atom is 0.417 e. The third kappa shape index (κ3) is 4.92. The number of methoxy groups -OCH3 is 2. The number of hydrogen-bond donors (Lipinski definition) is 1. The molecule has 0 atom stereocenters. The molecule has 0 radical (unpaired) electrons. The standard InChI is InChI=1S/C18H15ClF3NO3/c1-25-15-7-3-11(9-16(15)26-2)4-8-17(24)23-12-5-6-14(19)13(10-12)18(20,21)22/h3-10H,1-2H3,(H,23,24)/b8-4+. The van der Waals surface area contributed by atoms with Gasteiger partial charge in [0.25, 0.3) is 0 Å². The lowest BCUT2D eigenvalue weighted by molar-refractivity contribution is -0.137. The average molecular weight is 386 g/mol. The van der Waals surface area contributed by atoms with Crippen LogP contribution >= 0.6 is 11.6 Å². The number of halogens is 4. The summed E-state index contributed by atoms with van der Waals surface area (Å²) in [5.74, 6) is 0.438. The van der Waals surface area contributed by atoms with Crippen molar-refractivity contribution in [1.29, 1.82) is 0 Å². The van der Waals surface area contributed by atoms with Crippen LogP contribution in [0.1, 0.15) is 11.1 Å². The SMILES string of the molecule is COc1ccc(/C=C/C(=O)Nc2ccc(Cl)c(C(F)(F)F)c2)cc1OC. The van der Waals surface area contributed by atoms with Crippen molar-refractivity contribution in [2.75, 3.05) is 19.5 Å². The molecule has 0 unspecified atom stereocenters. The molecule has 0 saturated heterocycles. The lowest BCUT2D eigenvalue weighted by atomic mass is 10.1. The van der Waals surface area contributed by atoms with Gasteiger partial charge in [0, 0.05) is 11.8 Å². The van der Waals surface area contributed by atoms with Gasteiger partial charge < -0.3 is 14.8 Å². The number of carbonyl (C=O) groups excluding carboxylic acids is 1. The number of benzene rings is 2. The minimum atomic E-state index is -4.60. The molecule has 0 spiro atoms. The molecule has 0 aliphatic carbocycles. The molecule has 0 saturated carbocycles. The van der Waals surface area contributed by atoms with Gasteiger partial charge >= 0.3 is 6.18 Å². The zero-order valence-corrected chi connectivity index (χ0v) is 14.6. The summed E-state index contributed by atoms with van der Waals surface area (Å²) >= 11 is 5.54. The molecular weight excluding hydrogens is 371 g/mol. The van der Waals surface area contributed by atoms with Crippen LogP contribution in [0.5, 0.6) is 11.5 Å². The Morgan fingerprint density at radius 1 is 1.08 bits per heavy atom. The second kappa shape index (κ2) is 8.14. The van der Waals surface area contributed by atoms with Crippen LogP contribution in [0, 0.1) is 0 Å². The van der Waals surface area contributed by atoms with Crippen molar-refractivity contribution in [2.24, 2.45) is 0 Å². The van der Waals surface area contributed by atoms with Crippen LogP contribution in [0.4, 0.5) is 18.9 Å². The van der Waals surface area contributed by atoms with Crippen LogP contribution < -0.4 is 14.8 Å². The number of amides is 1. The molecule has 0 bridgehead atoms. The second-order valence-corrected chi connectivity index (χ2v) is 5.54. The molecule has 2 aromatic carbocycles. The van der Waals surface area contributed by atoms with Crippen LogP contribution in [0.3, 0.4) is 0 Å². The van der Waals surface area contributed by atoms with Crippen LogP contribution in [-0.2, 0) is 11.0 Å². The Morgan fingerprint density at radius 3 is 2.38 bits per heavy atom. The zero-order valence-electron chi connectivity index (χ0n) is 13.9. The van der Waals surface area contributed by atoms with E-state index in [-0.39, 0.29) is 5.69 Å². The van der Waals surface area contributed by atoms with E-state index < -0.39 is 22.7 Å². The second-order valence-electron chi connectivity index (χ2n) is 5.13. The highest BCUT2D eigenvalue weighted by Gasteiger charge is 2.33. The molecule has 2 aromatic rings. The smallest absolute Gasteiger partial charge is 0.417 e. The molecule has 26 heavy (non-hydrogen) atoms. The first-order chi connectivity index (χ1) is 12.2. The Balaban J connectivity index is 2.13. The Hall–Kier alpha value is -2.67. The Kier molecular flexibility index (Phi) is 6.15. The van der Waals surface area contributed by atoms with Gasteiger partial charge in [-0.3, -0.25) is 4.79 Å². The number of alkyl halides is 3. The van der Waals surface area contributed by atoms with E-state index in [1.54, 1.807) is 18.2 Å². The fourth-order valence-electron chi connectivity index (χ4n) is 2.13. The monoisotopic (exact) mass is 385 g/mol. The molecule has 1 N–H and O–H groups in total. The normalized spacial score (nSPS) is 11.5. The summed E-state index contributed by atoms with van der Waals surface area (Å²) in [7, 11) is 2.99. The average Bonchev–Trinajstić information content (AvgIpc) is 2.60. The van der Waals surface area contributed by atoms with Gasteiger partial charge in [-0.25, -0.2) is 0 Å². The van der Waals surface area contributed by atoms with Crippen molar-refractivity contribution < 1.29 is 27.4 Å². The third-order valence-corrected chi connectivity index (χ3v) is 3.70. The topological polar surface area (TPSA) is 47.6 Å². The fourth-order valence-corrected chi connectivity index (χ4v) is 2.36. The van der Waals surface area contributed by atoms with E-state index in [4.69, 9.17) is 21.1 Å². The highest BCUT2D eigenvalue weighted by Crippen LogP contribution is 2.36. The molecule has 0 fully saturated rings. The van der Waals surface area contributed by atoms with Crippen LogP contribution in [0.15, 0.2) is 42.5 Å². The number of nitrogens with one attached hydrogen (secondary N) is 1. The number of anilines is 1. The van der Waals surface area contributed by atoms with E-state index in [2.05, 4.69) is 5.32 Å². The van der Waals surface area contributed by atoms with E-state index in [0.29, 0.717) is 17.1 Å². The lowest BCUT2D eigenvalue weighted by Gasteiger charge is -2.11. The van der Waals surface area contributed by atoms with Crippen LogP contribution in [0.25, 0.3) is 6.08 Å². The summed E-state index contributed by atoms with van der Waals surface area (Å²) in [4.78, 5) is 11.9. The Labute approximate surface area is 153 Å². The number of carbonyl (C=O) groups is 1. The Bertz CT molecular complexity index is 835. The van der Waals surface area contributed by atoms with E-state index in [9.17, 15) is 18.0 Å². The zero-order chi connectivity index (χ0) is 19.3. The maximum absolute atomic E-state index is 12.8. The molecule has 0 aliphatic rings. The van der Waals surface area contributed by atoms with Gasteiger partial charge in [0.05, 0.1) is 24.8 Å². The first-order valence-corrected chi connectivity index (χ1v) is 7.70.